The van der Waals surface area contributed by atoms with Gasteiger partial charge in [0.05, 0.1) is 13.2 Å². The third-order valence-electron chi connectivity index (χ3n) is 4.84. The van der Waals surface area contributed by atoms with Gasteiger partial charge in [0, 0.05) is 65.4 Å². The predicted octanol–water partition coefficient (Wildman–Crippen LogP) is 0.915. The molecule has 2 rings (SSSR count). The Labute approximate surface area is 175 Å². The molecule has 0 aromatic carbocycles. The van der Waals surface area contributed by atoms with Gasteiger partial charge in [-0.2, -0.15) is 0 Å². The van der Waals surface area contributed by atoms with Gasteiger partial charge in [0.2, 0.25) is 0 Å². The van der Waals surface area contributed by atoms with Crippen molar-refractivity contribution in [3.63, 3.8) is 0 Å². The average molecular weight is 410 g/mol. The summed E-state index contributed by atoms with van der Waals surface area (Å²) in [5.74, 6) is 1.87. The largest absolute Gasteiger partial charge is 0.381 e. The second-order valence-electron chi connectivity index (χ2n) is 7.15. The molecule has 0 radical (unpaired) electrons. The number of morpholine rings is 1. The van der Waals surface area contributed by atoms with E-state index in [0.717, 1.165) is 103 Å². The summed E-state index contributed by atoms with van der Waals surface area (Å²) < 4.78 is 13.1. The molecular formula is C20H39N7O2. The number of ether oxygens (including phenoxy) is 2. The van der Waals surface area contributed by atoms with Crippen LogP contribution in [0, 0.1) is 0 Å². The van der Waals surface area contributed by atoms with Crippen LogP contribution in [0.4, 0.5) is 0 Å². The molecule has 166 valence electrons. The van der Waals surface area contributed by atoms with E-state index in [9.17, 15) is 0 Å². The number of guanidine groups is 1. The lowest BCUT2D eigenvalue weighted by molar-refractivity contribution is 0.0389. The normalized spacial score (nSPS) is 15.6. The Morgan fingerprint density at radius 1 is 1.14 bits per heavy atom. The van der Waals surface area contributed by atoms with Crippen LogP contribution in [0.5, 0.6) is 0 Å². The van der Waals surface area contributed by atoms with Gasteiger partial charge in [-0.25, -0.2) is 0 Å². The fraction of sp³-hybridized carbons (Fsp3) is 0.850. The Bertz CT molecular complexity index is 559. The summed E-state index contributed by atoms with van der Waals surface area (Å²) in [4.78, 5) is 7.13. The van der Waals surface area contributed by atoms with Gasteiger partial charge < -0.3 is 24.7 Å². The molecule has 1 aromatic rings. The van der Waals surface area contributed by atoms with Crippen molar-refractivity contribution >= 4 is 5.96 Å². The Kier molecular flexibility index (Phi) is 12.3. The molecule has 1 saturated heterocycles. The third kappa shape index (κ3) is 10.0. The number of hydrogen-bond donors (Lipinski definition) is 2. The first-order valence-electron chi connectivity index (χ1n) is 11.1. The molecule has 2 N–H and O–H groups in total. The first-order chi connectivity index (χ1) is 14.3. The van der Waals surface area contributed by atoms with Crippen LogP contribution in [0.15, 0.2) is 11.3 Å². The minimum atomic E-state index is 0.756. The molecule has 0 bridgehead atoms. The van der Waals surface area contributed by atoms with E-state index in [1.807, 2.05) is 0 Å². The van der Waals surface area contributed by atoms with Gasteiger partial charge in [-0.05, 0) is 12.8 Å². The van der Waals surface area contributed by atoms with Crippen molar-refractivity contribution in [2.45, 2.75) is 46.1 Å². The highest BCUT2D eigenvalue weighted by Crippen LogP contribution is 1.96. The maximum Gasteiger partial charge on any atom is 0.191 e. The van der Waals surface area contributed by atoms with Crippen LogP contribution >= 0.6 is 0 Å². The van der Waals surface area contributed by atoms with Crippen LogP contribution in [0.2, 0.25) is 0 Å². The minimum Gasteiger partial charge on any atom is -0.381 e. The molecule has 2 heterocycles. The van der Waals surface area contributed by atoms with E-state index >= 15 is 0 Å². The van der Waals surface area contributed by atoms with Crippen LogP contribution in [-0.4, -0.2) is 91.3 Å². The summed E-state index contributed by atoms with van der Waals surface area (Å²) in [7, 11) is 0. The summed E-state index contributed by atoms with van der Waals surface area (Å²) in [6.07, 6.45) is 5.91. The molecule has 0 unspecified atom stereocenters. The second kappa shape index (κ2) is 15.2. The fourth-order valence-corrected chi connectivity index (χ4v) is 3.07. The fourth-order valence-electron chi connectivity index (χ4n) is 3.07. The first kappa shape index (κ1) is 23.6. The van der Waals surface area contributed by atoms with Crippen LogP contribution in [-0.2, 0) is 22.4 Å². The zero-order valence-electron chi connectivity index (χ0n) is 18.2. The van der Waals surface area contributed by atoms with Gasteiger partial charge >= 0.3 is 0 Å². The molecule has 0 amide bonds. The van der Waals surface area contributed by atoms with Crippen LogP contribution in [0.25, 0.3) is 0 Å². The molecule has 1 fully saturated rings. The first-order valence-corrected chi connectivity index (χ1v) is 11.1. The lowest BCUT2D eigenvalue weighted by Gasteiger charge is -2.26. The molecule has 9 heteroatoms. The predicted molar refractivity (Wildman–Crippen MR) is 115 cm³/mol. The average Bonchev–Trinajstić information content (AvgIpc) is 3.21. The van der Waals surface area contributed by atoms with Crippen LogP contribution in [0.1, 0.15) is 38.9 Å². The standard InChI is InChI=1S/C20H39N7O2/c1-3-5-14-28-15-6-7-21-20(22-8-10-26-12-16-29-17-13-26)23-9-11-27-18-24-25-19(27)4-2/h18H,3-17H2,1-2H3,(H2,21,22,23). The van der Waals surface area contributed by atoms with Crippen LogP contribution < -0.4 is 10.6 Å². The minimum absolute atomic E-state index is 0.756. The third-order valence-corrected chi connectivity index (χ3v) is 4.84. The quantitative estimate of drug-likeness (QED) is 0.268. The molecule has 1 aromatic heterocycles. The van der Waals surface area contributed by atoms with Crippen LogP contribution in [0.3, 0.4) is 0 Å². The Balaban J connectivity index is 1.72. The Morgan fingerprint density at radius 3 is 2.66 bits per heavy atom. The van der Waals surface area contributed by atoms with Crippen molar-refractivity contribution in [3.05, 3.63) is 12.2 Å². The van der Waals surface area contributed by atoms with E-state index in [2.05, 4.69) is 44.1 Å². The molecule has 0 saturated carbocycles. The lowest BCUT2D eigenvalue weighted by Crippen LogP contribution is -2.45. The highest BCUT2D eigenvalue weighted by molar-refractivity contribution is 5.79. The number of hydrogen-bond acceptors (Lipinski definition) is 6. The van der Waals surface area contributed by atoms with E-state index in [-0.39, 0.29) is 0 Å². The van der Waals surface area contributed by atoms with E-state index in [1.54, 1.807) is 6.33 Å². The summed E-state index contributed by atoms with van der Waals surface area (Å²) >= 11 is 0. The maximum atomic E-state index is 5.63. The van der Waals surface area contributed by atoms with Crippen molar-refractivity contribution in [1.29, 1.82) is 0 Å². The lowest BCUT2D eigenvalue weighted by atomic mass is 10.4. The molecular weight excluding hydrogens is 370 g/mol. The van der Waals surface area contributed by atoms with Crippen molar-refractivity contribution in [1.82, 2.24) is 30.3 Å². The highest BCUT2D eigenvalue weighted by atomic mass is 16.5. The number of rotatable bonds is 14. The summed E-state index contributed by atoms with van der Waals surface area (Å²) in [5, 5.41) is 15.0. The maximum absolute atomic E-state index is 5.63. The SMILES string of the molecule is CCCCOCCCN=C(NCCN1CCOCC1)NCCn1cnnc1CC. The van der Waals surface area contributed by atoms with E-state index < -0.39 is 0 Å². The highest BCUT2D eigenvalue weighted by Gasteiger charge is 2.10. The van der Waals surface area contributed by atoms with E-state index in [0.29, 0.717) is 0 Å². The number of nitrogens with zero attached hydrogens (tertiary/aromatic N) is 5. The van der Waals surface area contributed by atoms with Gasteiger partial charge in [0.25, 0.3) is 0 Å². The van der Waals surface area contributed by atoms with Crippen molar-refractivity contribution in [3.8, 4) is 0 Å². The van der Waals surface area contributed by atoms with Gasteiger partial charge in [-0.1, -0.05) is 20.3 Å². The zero-order valence-corrected chi connectivity index (χ0v) is 18.2. The number of aromatic nitrogens is 3. The summed E-state index contributed by atoms with van der Waals surface area (Å²) in [6, 6.07) is 0. The number of nitrogens with one attached hydrogen (secondary N) is 2. The summed E-state index contributed by atoms with van der Waals surface area (Å²) in [5.41, 5.74) is 0. The molecule has 9 nitrogen and oxygen atoms in total. The van der Waals surface area contributed by atoms with Gasteiger partial charge in [0.15, 0.2) is 5.96 Å². The van der Waals surface area contributed by atoms with E-state index in [4.69, 9.17) is 14.5 Å². The molecule has 0 aliphatic carbocycles. The molecule has 1 aliphatic heterocycles. The van der Waals surface area contributed by atoms with Crippen molar-refractivity contribution in [2.75, 3.05) is 65.7 Å². The number of unbranched alkanes of at least 4 members (excludes halogenated alkanes) is 1. The number of aliphatic imine (C=N–C) groups is 1. The smallest absolute Gasteiger partial charge is 0.191 e. The van der Waals surface area contributed by atoms with E-state index in [1.165, 1.54) is 6.42 Å². The Hall–Kier alpha value is -1.71. The van der Waals surface area contributed by atoms with Crippen molar-refractivity contribution < 1.29 is 9.47 Å². The molecule has 1 aliphatic rings. The number of aryl methyl sites for hydroxylation is 1. The molecule has 0 atom stereocenters. The molecule has 29 heavy (non-hydrogen) atoms. The topological polar surface area (TPSA) is 88.8 Å². The molecule has 0 spiro atoms. The van der Waals surface area contributed by atoms with Gasteiger partial charge in [-0.15, -0.1) is 10.2 Å². The van der Waals surface area contributed by atoms with Crippen molar-refractivity contribution in [2.24, 2.45) is 4.99 Å². The monoisotopic (exact) mass is 409 g/mol. The van der Waals surface area contributed by atoms with Gasteiger partial charge in [-0.3, -0.25) is 9.89 Å². The Morgan fingerprint density at radius 2 is 1.90 bits per heavy atom. The summed E-state index contributed by atoms with van der Waals surface area (Å²) in [6.45, 7) is 13.8. The second-order valence-corrected chi connectivity index (χ2v) is 7.15. The van der Waals surface area contributed by atoms with Gasteiger partial charge in [0.1, 0.15) is 12.2 Å². The zero-order chi connectivity index (χ0) is 20.6.